The van der Waals surface area contributed by atoms with Gasteiger partial charge in [-0.2, -0.15) is 26.3 Å². The van der Waals surface area contributed by atoms with Crippen molar-refractivity contribution in [1.29, 1.82) is 0 Å². The lowest BCUT2D eigenvalue weighted by Gasteiger charge is -2.53. The van der Waals surface area contributed by atoms with Gasteiger partial charge in [-0.1, -0.05) is 133 Å². The third-order valence-electron chi connectivity index (χ3n) is 10.3. The zero-order valence-electron chi connectivity index (χ0n) is 32.4. The summed E-state index contributed by atoms with van der Waals surface area (Å²) in [5.41, 5.74) is -16.2. The number of halogens is 6. The Kier molecular flexibility index (Phi) is 13.2. The normalized spacial score (nSPS) is 14.2. The van der Waals surface area contributed by atoms with Crippen LogP contribution < -0.4 is 31.8 Å². The minimum absolute atomic E-state index is 0.252. The molecule has 0 bridgehead atoms. The van der Waals surface area contributed by atoms with E-state index in [0.717, 1.165) is 0 Å². The second-order valence-corrected chi connectivity index (χ2v) is 24.3. The molecule has 6 aromatic carbocycles. The summed E-state index contributed by atoms with van der Waals surface area (Å²) in [5, 5.41) is 2.48. The van der Waals surface area contributed by atoms with Crippen LogP contribution in [0.3, 0.4) is 0 Å². The van der Waals surface area contributed by atoms with E-state index in [1.54, 1.807) is 186 Å². The first-order valence-corrected chi connectivity index (χ1v) is 25.2. The lowest BCUT2D eigenvalue weighted by atomic mass is 10.0. The lowest BCUT2D eigenvalue weighted by Crippen LogP contribution is -2.70. The molecular formula is C44H42F6N2O4P2S2+2. The van der Waals surface area contributed by atoms with Gasteiger partial charge in [-0.25, -0.2) is 16.8 Å². The van der Waals surface area contributed by atoms with Crippen LogP contribution in [0.5, 0.6) is 0 Å². The maximum atomic E-state index is 15.4. The summed E-state index contributed by atoms with van der Waals surface area (Å²) >= 11 is 0. The lowest BCUT2D eigenvalue weighted by molar-refractivity contribution is -0.0601. The Morgan fingerprint density at radius 2 is 0.633 bits per heavy atom. The van der Waals surface area contributed by atoms with Crippen molar-refractivity contribution >= 4 is 66.7 Å². The summed E-state index contributed by atoms with van der Waals surface area (Å²) in [6.45, 7) is 2.72. The van der Waals surface area contributed by atoms with Gasteiger partial charge < -0.3 is 0 Å². The molecule has 6 rings (SSSR count). The first-order chi connectivity index (χ1) is 28.5. The monoisotopic (exact) mass is 902 g/mol. The van der Waals surface area contributed by atoms with Crippen molar-refractivity contribution in [1.82, 2.24) is 8.15 Å². The van der Waals surface area contributed by atoms with Crippen LogP contribution in [0.25, 0.3) is 0 Å². The molecule has 6 nitrogen and oxygen atoms in total. The average Bonchev–Trinajstić information content (AvgIpc) is 3.25. The van der Waals surface area contributed by atoms with Gasteiger partial charge in [0.25, 0.3) is 0 Å². The molecule has 0 amide bonds. The summed E-state index contributed by atoms with van der Waals surface area (Å²) in [5.74, 6) is 0. The smallest absolute Gasteiger partial charge is 0.202 e. The van der Waals surface area contributed by atoms with Crippen LogP contribution in [0.4, 0.5) is 26.3 Å². The van der Waals surface area contributed by atoms with Crippen molar-refractivity contribution in [2.45, 2.75) is 49.8 Å². The van der Waals surface area contributed by atoms with Gasteiger partial charge in [-0.05, 0) is 90.1 Å². The van der Waals surface area contributed by atoms with Crippen LogP contribution in [0.1, 0.15) is 33.1 Å². The number of benzene rings is 6. The molecule has 0 aliphatic heterocycles. The Morgan fingerprint density at radius 1 is 0.417 bits per heavy atom. The summed E-state index contributed by atoms with van der Waals surface area (Å²) in [6, 6.07) is 51.0. The van der Waals surface area contributed by atoms with E-state index < -0.39 is 68.1 Å². The zero-order chi connectivity index (χ0) is 43.5. The third kappa shape index (κ3) is 7.50. The molecule has 0 saturated heterocycles. The van der Waals surface area contributed by atoms with Crippen molar-refractivity contribution in [2.75, 3.05) is 0 Å². The second-order valence-electron chi connectivity index (χ2n) is 13.8. The van der Waals surface area contributed by atoms with Crippen molar-refractivity contribution in [3.63, 3.8) is 0 Å². The van der Waals surface area contributed by atoms with Crippen molar-refractivity contribution < 1.29 is 43.2 Å². The molecule has 0 fully saturated rings. The van der Waals surface area contributed by atoms with E-state index in [0.29, 0.717) is 31.8 Å². The molecule has 16 heteroatoms. The van der Waals surface area contributed by atoms with E-state index >= 15 is 26.3 Å². The predicted molar refractivity (Wildman–Crippen MR) is 232 cm³/mol. The Hall–Kier alpha value is -4.42. The molecule has 1 unspecified atom stereocenters. The fourth-order valence-electron chi connectivity index (χ4n) is 8.05. The van der Waals surface area contributed by atoms with E-state index in [2.05, 4.69) is 0 Å². The first kappa shape index (κ1) is 45.1. The van der Waals surface area contributed by atoms with Gasteiger partial charge in [-0.3, -0.25) is 0 Å². The summed E-state index contributed by atoms with van der Waals surface area (Å²) in [4.78, 5) is 0. The molecule has 0 aliphatic carbocycles. The standard InChI is InChI=1S/C44H42F6N2O4P2S2/c1-3-35-42(4-2,52(59(53,54)43(45,46)47)60(55,56)44(48,49)50)51(57(36-23-11-5-12-24-36,37-25-13-6-14-26-37)38-27-15-7-16-28-38)58(39-29-17-8-18-30-39,40-31-19-9-20-32-40)41-33-21-10-22-34-41/h5-34H,3-4,35H2,1-2H3/q+2. The Morgan fingerprint density at radius 3 is 0.800 bits per heavy atom. The molecule has 314 valence electrons. The van der Waals surface area contributed by atoms with Gasteiger partial charge in [0, 0.05) is 0 Å². The van der Waals surface area contributed by atoms with E-state index in [1.807, 2.05) is 0 Å². The van der Waals surface area contributed by atoms with E-state index in [1.165, 1.54) is 13.8 Å². The minimum Gasteiger partial charge on any atom is -0.202 e. The highest BCUT2D eigenvalue weighted by Crippen LogP contribution is 2.79. The quantitative estimate of drug-likeness (QED) is 0.0585. The number of nitrogens with zero attached hydrogens (tertiary/aromatic N) is 2. The molecule has 0 saturated carbocycles. The SMILES string of the molecule is CCCC(CC)(N([P+](c1ccccc1)(c1ccccc1)c1ccccc1)[P+](c1ccccc1)(c1ccccc1)c1ccccc1)N(S(=O)(=O)C(F)(F)F)S(=O)(=O)C(F)(F)F. The maximum absolute atomic E-state index is 15.4. The highest BCUT2D eigenvalue weighted by atomic mass is 32.3. The van der Waals surface area contributed by atoms with Crippen molar-refractivity contribution in [2.24, 2.45) is 0 Å². The topological polar surface area (TPSA) is 74.8 Å². The minimum atomic E-state index is -7.41. The summed E-state index contributed by atoms with van der Waals surface area (Å²) in [7, 11) is -23.2. The molecule has 0 aliphatic rings. The molecule has 0 aromatic heterocycles. The predicted octanol–water partition coefficient (Wildman–Crippen LogP) is 9.01. The summed E-state index contributed by atoms with van der Waals surface area (Å²) in [6.07, 6.45) is -1.90. The number of hydrogen-bond acceptors (Lipinski definition) is 5. The van der Waals surface area contributed by atoms with Crippen LogP contribution >= 0.6 is 14.8 Å². The average molecular weight is 903 g/mol. The van der Waals surface area contributed by atoms with Gasteiger partial charge in [-0.15, -0.1) is 0 Å². The molecule has 0 N–H and O–H groups in total. The molecule has 60 heavy (non-hydrogen) atoms. The second kappa shape index (κ2) is 17.5. The van der Waals surface area contributed by atoms with Crippen LogP contribution in [0, 0.1) is 0 Å². The van der Waals surface area contributed by atoms with E-state index in [4.69, 9.17) is 0 Å². The Labute approximate surface area is 348 Å². The van der Waals surface area contributed by atoms with Gasteiger partial charge in [0.2, 0.25) is 14.8 Å². The number of hydrogen-bond donors (Lipinski definition) is 0. The van der Waals surface area contributed by atoms with E-state index in [9.17, 15) is 16.8 Å². The first-order valence-electron chi connectivity index (χ1n) is 18.8. The highest BCUT2D eigenvalue weighted by molar-refractivity contribution is 8.07. The van der Waals surface area contributed by atoms with E-state index in [-0.39, 0.29) is 6.42 Å². The molecule has 6 aromatic rings. The Balaban J connectivity index is 2.11. The van der Waals surface area contributed by atoms with Crippen LogP contribution in [0.2, 0.25) is 0 Å². The molecule has 0 radical (unpaired) electrons. The molecule has 0 heterocycles. The fourth-order valence-corrected chi connectivity index (χ4v) is 23.7. The van der Waals surface area contributed by atoms with Crippen LogP contribution in [-0.4, -0.2) is 41.7 Å². The highest BCUT2D eigenvalue weighted by Gasteiger charge is 2.80. The fraction of sp³-hybridized carbons (Fsp3) is 0.182. The largest absolute Gasteiger partial charge is 0.512 e. The van der Waals surface area contributed by atoms with Crippen LogP contribution in [-0.2, 0) is 20.0 Å². The summed E-state index contributed by atoms with van der Waals surface area (Å²) < 4.78 is 151. The van der Waals surface area contributed by atoms with Gasteiger partial charge >= 0.3 is 31.1 Å². The molecule has 1 atom stereocenters. The third-order valence-corrected chi connectivity index (χ3v) is 24.0. The number of rotatable bonds is 15. The molecule has 0 spiro atoms. The maximum Gasteiger partial charge on any atom is 0.512 e. The van der Waals surface area contributed by atoms with Crippen molar-refractivity contribution in [3.05, 3.63) is 182 Å². The van der Waals surface area contributed by atoms with Gasteiger partial charge in [0.1, 0.15) is 31.8 Å². The number of sulfonamides is 2. The van der Waals surface area contributed by atoms with Gasteiger partial charge in [0.05, 0.1) is 0 Å². The van der Waals surface area contributed by atoms with Crippen molar-refractivity contribution in [3.8, 4) is 0 Å². The van der Waals surface area contributed by atoms with Crippen LogP contribution in [0.15, 0.2) is 182 Å². The molecular weight excluding hydrogens is 861 g/mol. The number of alkyl halides is 6. The Bertz CT molecular complexity index is 2200. The van der Waals surface area contributed by atoms with Gasteiger partial charge in [0.15, 0.2) is 5.66 Å². The zero-order valence-corrected chi connectivity index (χ0v) is 35.9.